The molecule has 0 saturated heterocycles. The summed E-state index contributed by atoms with van der Waals surface area (Å²) >= 11 is 0. The first-order valence-corrected chi connectivity index (χ1v) is 4.56. The SMILES string of the molecule is CCn1c(C)nc2c1=CCCC=2. The molecule has 1 aliphatic rings. The highest BCUT2D eigenvalue weighted by atomic mass is 15.1. The van der Waals surface area contributed by atoms with Crippen molar-refractivity contribution in [2.75, 3.05) is 0 Å². The summed E-state index contributed by atoms with van der Waals surface area (Å²) in [6.07, 6.45) is 6.83. The van der Waals surface area contributed by atoms with Crippen molar-refractivity contribution in [2.45, 2.75) is 33.2 Å². The van der Waals surface area contributed by atoms with Crippen molar-refractivity contribution in [2.24, 2.45) is 0 Å². The second-order valence-corrected chi connectivity index (χ2v) is 3.16. The molecule has 1 aliphatic carbocycles. The van der Waals surface area contributed by atoms with Crippen LogP contribution in [0.5, 0.6) is 0 Å². The summed E-state index contributed by atoms with van der Waals surface area (Å²) in [6.45, 7) is 5.26. The number of hydrogen-bond acceptors (Lipinski definition) is 1. The quantitative estimate of drug-likeness (QED) is 0.590. The van der Waals surface area contributed by atoms with E-state index in [1.807, 2.05) is 0 Å². The molecule has 0 atom stereocenters. The van der Waals surface area contributed by atoms with Gasteiger partial charge in [-0.25, -0.2) is 4.98 Å². The van der Waals surface area contributed by atoms with Gasteiger partial charge in [-0.15, -0.1) is 0 Å². The minimum Gasteiger partial charge on any atom is -0.329 e. The predicted octanol–water partition coefficient (Wildman–Crippen LogP) is 0.566. The van der Waals surface area contributed by atoms with Crippen LogP contribution in [0, 0.1) is 6.92 Å². The van der Waals surface area contributed by atoms with E-state index in [0.717, 1.165) is 25.2 Å². The van der Waals surface area contributed by atoms with E-state index in [1.54, 1.807) is 0 Å². The summed E-state index contributed by atoms with van der Waals surface area (Å²) in [5.74, 6) is 1.14. The van der Waals surface area contributed by atoms with E-state index in [0.29, 0.717) is 0 Å². The number of fused-ring (bicyclic) bond motifs is 1. The van der Waals surface area contributed by atoms with Gasteiger partial charge < -0.3 is 4.57 Å². The van der Waals surface area contributed by atoms with Gasteiger partial charge in [-0.3, -0.25) is 0 Å². The van der Waals surface area contributed by atoms with Gasteiger partial charge in [0.2, 0.25) is 0 Å². The molecule has 0 spiro atoms. The van der Waals surface area contributed by atoms with Crippen molar-refractivity contribution >= 4 is 12.2 Å². The fourth-order valence-electron chi connectivity index (χ4n) is 1.81. The third kappa shape index (κ3) is 0.986. The van der Waals surface area contributed by atoms with E-state index in [2.05, 4.69) is 35.6 Å². The number of rotatable bonds is 1. The van der Waals surface area contributed by atoms with Gasteiger partial charge in [0.15, 0.2) is 0 Å². The number of aromatic nitrogens is 2. The minimum atomic E-state index is 1.03. The van der Waals surface area contributed by atoms with Crippen LogP contribution in [0.1, 0.15) is 25.6 Å². The van der Waals surface area contributed by atoms with Gasteiger partial charge in [0, 0.05) is 6.54 Å². The molecule has 0 N–H and O–H groups in total. The zero-order valence-electron chi connectivity index (χ0n) is 7.67. The van der Waals surface area contributed by atoms with Crippen molar-refractivity contribution < 1.29 is 0 Å². The molecule has 1 aromatic heterocycles. The zero-order valence-corrected chi connectivity index (χ0v) is 7.67. The van der Waals surface area contributed by atoms with Gasteiger partial charge in [0.1, 0.15) is 5.82 Å². The van der Waals surface area contributed by atoms with E-state index in [4.69, 9.17) is 0 Å². The molecule has 0 radical (unpaired) electrons. The molecule has 1 heterocycles. The molecule has 2 heteroatoms. The van der Waals surface area contributed by atoms with Crippen molar-refractivity contribution in [1.29, 1.82) is 0 Å². The lowest BCUT2D eigenvalue weighted by atomic mass is 10.2. The number of nitrogens with zero attached hydrogens (tertiary/aromatic N) is 2. The standard InChI is InChI=1S/C10H14N2/c1-3-12-8(2)11-9-6-4-5-7-10(9)12/h6-7H,3-5H2,1-2H3. The Labute approximate surface area is 72.2 Å². The van der Waals surface area contributed by atoms with Gasteiger partial charge in [-0.2, -0.15) is 0 Å². The van der Waals surface area contributed by atoms with E-state index in [-0.39, 0.29) is 0 Å². The summed E-state index contributed by atoms with van der Waals surface area (Å²) < 4.78 is 2.27. The third-order valence-corrected chi connectivity index (χ3v) is 2.38. The minimum absolute atomic E-state index is 1.03. The average Bonchev–Trinajstić information content (AvgIpc) is 2.40. The van der Waals surface area contributed by atoms with Crippen LogP contribution in [0.15, 0.2) is 0 Å². The molecule has 1 aromatic rings. The summed E-state index contributed by atoms with van der Waals surface area (Å²) in [4.78, 5) is 4.50. The van der Waals surface area contributed by atoms with Crippen molar-refractivity contribution in [3.8, 4) is 0 Å². The van der Waals surface area contributed by atoms with Gasteiger partial charge in [0.05, 0.1) is 10.7 Å². The molecule has 0 saturated carbocycles. The van der Waals surface area contributed by atoms with Crippen LogP contribution in [0.4, 0.5) is 0 Å². The highest BCUT2D eigenvalue weighted by Crippen LogP contribution is 1.96. The monoisotopic (exact) mass is 162 g/mol. The predicted molar refractivity (Wildman–Crippen MR) is 50.1 cm³/mol. The Kier molecular flexibility index (Phi) is 1.75. The molecule has 64 valence electrons. The molecule has 2 rings (SSSR count). The van der Waals surface area contributed by atoms with Crippen LogP contribution < -0.4 is 10.7 Å². The van der Waals surface area contributed by atoms with Crippen LogP contribution in [-0.2, 0) is 6.54 Å². The van der Waals surface area contributed by atoms with Crippen LogP contribution in [0.25, 0.3) is 12.2 Å². The maximum absolute atomic E-state index is 4.50. The van der Waals surface area contributed by atoms with Crippen LogP contribution in [0.3, 0.4) is 0 Å². The van der Waals surface area contributed by atoms with E-state index >= 15 is 0 Å². The number of hydrogen-bond donors (Lipinski definition) is 0. The number of imidazole rings is 1. The van der Waals surface area contributed by atoms with Crippen molar-refractivity contribution in [3.63, 3.8) is 0 Å². The average molecular weight is 162 g/mol. The van der Waals surface area contributed by atoms with Gasteiger partial charge in [0.25, 0.3) is 0 Å². The van der Waals surface area contributed by atoms with Crippen LogP contribution >= 0.6 is 0 Å². The Hall–Kier alpha value is -1.05. The second kappa shape index (κ2) is 2.77. The first-order chi connectivity index (χ1) is 5.83. The van der Waals surface area contributed by atoms with E-state index < -0.39 is 0 Å². The molecular formula is C10H14N2. The largest absolute Gasteiger partial charge is 0.329 e. The number of aryl methyl sites for hydroxylation is 1. The first kappa shape index (κ1) is 7.59. The molecule has 2 nitrogen and oxygen atoms in total. The van der Waals surface area contributed by atoms with E-state index in [9.17, 15) is 0 Å². The zero-order chi connectivity index (χ0) is 8.55. The van der Waals surface area contributed by atoms with Gasteiger partial charge in [-0.05, 0) is 26.7 Å². The highest BCUT2D eigenvalue weighted by molar-refractivity contribution is 5.34. The molecule has 0 aromatic carbocycles. The Morgan fingerprint density at radius 3 is 2.92 bits per heavy atom. The molecule has 0 unspecified atom stereocenters. The van der Waals surface area contributed by atoms with E-state index in [1.165, 1.54) is 10.7 Å². The molecular weight excluding hydrogens is 148 g/mol. The lowest BCUT2D eigenvalue weighted by Crippen LogP contribution is -2.31. The van der Waals surface area contributed by atoms with Crippen LogP contribution in [-0.4, -0.2) is 9.55 Å². The maximum Gasteiger partial charge on any atom is 0.106 e. The first-order valence-electron chi connectivity index (χ1n) is 4.56. The molecule has 0 aliphatic heterocycles. The smallest absolute Gasteiger partial charge is 0.106 e. The molecule has 0 bridgehead atoms. The fraction of sp³-hybridized carbons (Fsp3) is 0.500. The summed E-state index contributed by atoms with van der Waals surface area (Å²) in [5, 5.41) is 2.50. The maximum atomic E-state index is 4.50. The van der Waals surface area contributed by atoms with Crippen LogP contribution in [0.2, 0.25) is 0 Å². The summed E-state index contributed by atoms with van der Waals surface area (Å²) in [7, 11) is 0. The lowest BCUT2D eigenvalue weighted by Gasteiger charge is -2.00. The lowest BCUT2D eigenvalue weighted by molar-refractivity contribution is 0.708. The summed E-state index contributed by atoms with van der Waals surface area (Å²) in [6, 6.07) is 0. The molecule has 0 fully saturated rings. The van der Waals surface area contributed by atoms with Crippen molar-refractivity contribution in [3.05, 3.63) is 16.5 Å². The second-order valence-electron chi connectivity index (χ2n) is 3.16. The fourth-order valence-corrected chi connectivity index (χ4v) is 1.81. The highest BCUT2D eigenvalue weighted by Gasteiger charge is 2.02. The Morgan fingerprint density at radius 2 is 2.17 bits per heavy atom. The normalized spacial score (nSPS) is 14.8. The molecule has 0 amide bonds. The van der Waals surface area contributed by atoms with Crippen molar-refractivity contribution in [1.82, 2.24) is 9.55 Å². The molecule has 12 heavy (non-hydrogen) atoms. The summed E-state index contributed by atoms with van der Waals surface area (Å²) in [5.41, 5.74) is 0. The topological polar surface area (TPSA) is 17.8 Å². The Morgan fingerprint density at radius 1 is 1.42 bits per heavy atom. The Balaban J connectivity index is 2.79. The third-order valence-electron chi connectivity index (χ3n) is 2.38. The Bertz CT molecular complexity index is 398. The van der Waals surface area contributed by atoms with Gasteiger partial charge in [-0.1, -0.05) is 12.2 Å². The van der Waals surface area contributed by atoms with Gasteiger partial charge >= 0.3 is 0 Å².